The van der Waals surface area contributed by atoms with E-state index in [1.807, 2.05) is 12.1 Å². The van der Waals surface area contributed by atoms with Crippen molar-refractivity contribution in [3.8, 4) is 5.88 Å². The minimum absolute atomic E-state index is 0.564. The Bertz CT molecular complexity index is 756. The molecule has 1 aliphatic carbocycles. The molecule has 28 heavy (non-hydrogen) atoms. The number of benzene rings is 1. The predicted octanol–water partition coefficient (Wildman–Crippen LogP) is 4.26. The van der Waals surface area contributed by atoms with E-state index in [4.69, 9.17) is 9.47 Å². The van der Waals surface area contributed by atoms with Gasteiger partial charge in [0, 0.05) is 36.7 Å². The molecule has 2 fully saturated rings. The summed E-state index contributed by atoms with van der Waals surface area (Å²) in [5, 5.41) is 3.31. The van der Waals surface area contributed by atoms with E-state index in [1.54, 1.807) is 6.20 Å². The largest absolute Gasteiger partial charge is 0.477 e. The molecule has 1 aromatic carbocycles. The summed E-state index contributed by atoms with van der Waals surface area (Å²) in [6, 6.07) is 10.2. The molecule has 0 atom stereocenters. The highest BCUT2D eigenvalue weighted by atomic mass is 16.5. The zero-order chi connectivity index (χ0) is 19.2. The van der Waals surface area contributed by atoms with Gasteiger partial charge < -0.3 is 19.7 Å². The van der Waals surface area contributed by atoms with Gasteiger partial charge in [-0.05, 0) is 42.9 Å². The normalized spacial score (nSPS) is 22.7. The van der Waals surface area contributed by atoms with Crippen LogP contribution in [0.25, 0.3) is 0 Å². The first-order valence-electron chi connectivity index (χ1n) is 10.4. The van der Waals surface area contributed by atoms with E-state index >= 15 is 0 Å². The molecule has 1 aromatic heterocycles. The Balaban J connectivity index is 1.35. The fourth-order valence-electron chi connectivity index (χ4n) is 3.91. The van der Waals surface area contributed by atoms with Gasteiger partial charge in [0.2, 0.25) is 11.8 Å². The molecule has 0 unspecified atom stereocenters. The second-order valence-corrected chi connectivity index (χ2v) is 7.93. The molecule has 1 aliphatic heterocycles. The fraction of sp³-hybridized carbons (Fsp3) is 0.545. The van der Waals surface area contributed by atoms with Gasteiger partial charge in [-0.25, -0.2) is 4.98 Å². The molecule has 0 bridgehead atoms. The zero-order valence-electron chi connectivity index (χ0n) is 16.6. The van der Waals surface area contributed by atoms with Crippen molar-refractivity contribution in [2.75, 3.05) is 43.1 Å². The van der Waals surface area contributed by atoms with Gasteiger partial charge >= 0.3 is 0 Å². The molecule has 1 saturated heterocycles. The lowest BCUT2D eigenvalue weighted by molar-refractivity contribution is 0.122. The van der Waals surface area contributed by atoms with Crippen LogP contribution in [0.4, 0.5) is 17.3 Å². The first kappa shape index (κ1) is 19.0. The smallest absolute Gasteiger partial charge is 0.230 e. The summed E-state index contributed by atoms with van der Waals surface area (Å²) in [5.41, 5.74) is 2.16. The highest BCUT2D eigenvalue weighted by Gasteiger charge is 2.19. The molecule has 150 valence electrons. The van der Waals surface area contributed by atoms with Crippen molar-refractivity contribution in [2.24, 2.45) is 11.8 Å². The summed E-state index contributed by atoms with van der Waals surface area (Å²) < 4.78 is 11.4. The molecule has 6 nitrogen and oxygen atoms in total. The number of hydrogen-bond donors (Lipinski definition) is 1. The van der Waals surface area contributed by atoms with Crippen molar-refractivity contribution in [1.29, 1.82) is 0 Å². The van der Waals surface area contributed by atoms with Crippen molar-refractivity contribution in [3.63, 3.8) is 0 Å². The van der Waals surface area contributed by atoms with Gasteiger partial charge in [0.1, 0.15) is 0 Å². The van der Waals surface area contributed by atoms with Gasteiger partial charge in [-0.15, -0.1) is 0 Å². The van der Waals surface area contributed by atoms with Crippen LogP contribution in [0.1, 0.15) is 32.6 Å². The predicted molar refractivity (Wildman–Crippen MR) is 111 cm³/mol. The number of nitrogens with one attached hydrogen (secondary N) is 1. The summed E-state index contributed by atoms with van der Waals surface area (Å²) in [7, 11) is 0. The highest BCUT2D eigenvalue weighted by molar-refractivity contribution is 5.62. The molecule has 1 saturated carbocycles. The highest BCUT2D eigenvalue weighted by Crippen LogP contribution is 2.29. The van der Waals surface area contributed by atoms with Crippen molar-refractivity contribution >= 4 is 17.3 Å². The molecule has 0 spiro atoms. The topological polar surface area (TPSA) is 59.5 Å². The summed E-state index contributed by atoms with van der Waals surface area (Å²) in [6.07, 6.45) is 6.88. The van der Waals surface area contributed by atoms with Crippen molar-refractivity contribution in [1.82, 2.24) is 9.97 Å². The number of rotatable bonds is 6. The van der Waals surface area contributed by atoms with Crippen LogP contribution in [0.3, 0.4) is 0 Å². The molecule has 2 aliphatic rings. The Morgan fingerprint density at radius 2 is 1.96 bits per heavy atom. The summed E-state index contributed by atoms with van der Waals surface area (Å²) >= 11 is 0. The third kappa shape index (κ3) is 5.13. The first-order valence-corrected chi connectivity index (χ1v) is 10.4. The van der Waals surface area contributed by atoms with E-state index in [0.717, 1.165) is 44.5 Å². The first-order chi connectivity index (χ1) is 13.8. The Morgan fingerprint density at radius 3 is 2.79 bits per heavy atom. The minimum atomic E-state index is 0.564. The summed E-state index contributed by atoms with van der Waals surface area (Å²) in [4.78, 5) is 11.2. The number of ether oxygens (including phenoxy) is 2. The lowest BCUT2D eigenvalue weighted by atomic mass is 9.83. The maximum atomic E-state index is 5.96. The number of aromatic nitrogens is 2. The monoisotopic (exact) mass is 382 g/mol. The lowest BCUT2D eigenvalue weighted by Crippen LogP contribution is -2.36. The number of nitrogens with zero attached hydrogens (tertiary/aromatic N) is 3. The fourth-order valence-corrected chi connectivity index (χ4v) is 3.91. The quantitative estimate of drug-likeness (QED) is 0.805. The minimum Gasteiger partial charge on any atom is -0.477 e. The van der Waals surface area contributed by atoms with Crippen molar-refractivity contribution in [3.05, 3.63) is 36.5 Å². The molecule has 0 radical (unpaired) electrons. The number of anilines is 3. The van der Waals surface area contributed by atoms with Crippen LogP contribution in [-0.2, 0) is 4.74 Å². The van der Waals surface area contributed by atoms with Gasteiger partial charge in [-0.3, -0.25) is 0 Å². The molecular weight excluding hydrogens is 352 g/mol. The number of hydrogen-bond acceptors (Lipinski definition) is 6. The van der Waals surface area contributed by atoms with Gasteiger partial charge in [-0.2, -0.15) is 4.98 Å². The van der Waals surface area contributed by atoms with Crippen LogP contribution in [-0.4, -0.2) is 42.9 Å². The zero-order valence-corrected chi connectivity index (χ0v) is 16.6. The Hall–Kier alpha value is -2.34. The van der Waals surface area contributed by atoms with Crippen LogP contribution in [0.2, 0.25) is 0 Å². The lowest BCUT2D eigenvalue weighted by Gasteiger charge is -2.29. The summed E-state index contributed by atoms with van der Waals surface area (Å²) in [5.74, 6) is 2.71. The molecular formula is C22H30N4O2. The molecule has 0 amide bonds. The van der Waals surface area contributed by atoms with Crippen LogP contribution in [0.15, 0.2) is 36.5 Å². The van der Waals surface area contributed by atoms with E-state index in [-0.39, 0.29) is 0 Å². The molecule has 2 heterocycles. The Labute approximate surface area is 167 Å². The Morgan fingerprint density at radius 1 is 1.14 bits per heavy atom. The molecule has 2 aromatic rings. The van der Waals surface area contributed by atoms with Gasteiger partial charge in [0.05, 0.1) is 19.8 Å². The second-order valence-electron chi connectivity index (χ2n) is 7.93. The molecule has 6 heteroatoms. The maximum absolute atomic E-state index is 5.96. The van der Waals surface area contributed by atoms with Crippen LogP contribution >= 0.6 is 0 Å². The van der Waals surface area contributed by atoms with Gasteiger partial charge in [-0.1, -0.05) is 25.8 Å². The standard InChI is InChI=1S/C22H30N4O2/c1-17-5-7-18(8-6-17)16-28-21-9-10-23-22(25-21)24-19-3-2-4-20(15-19)26-11-13-27-14-12-26/h2-4,9-10,15,17-18H,5-8,11-14,16H2,1H3,(H,23,24,25). The van der Waals surface area contributed by atoms with Crippen molar-refractivity contribution < 1.29 is 9.47 Å². The maximum Gasteiger partial charge on any atom is 0.230 e. The SMILES string of the molecule is CC1CCC(COc2ccnc(Nc3cccc(N4CCOCC4)c3)n2)CC1. The average Bonchev–Trinajstić information content (AvgIpc) is 2.74. The van der Waals surface area contributed by atoms with Crippen molar-refractivity contribution in [2.45, 2.75) is 32.6 Å². The van der Waals surface area contributed by atoms with E-state index in [1.165, 1.54) is 31.4 Å². The van der Waals surface area contributed by atoms with E-state index in [2.05, 4.69) is 45.3 Å². The van der Waals surface area contributed by atoms with Gasteiger partial charge in [0.15, 0.2) is 0 Å². The van der Waals surface area contributed by atoms with Crippen LogP contribution < -0.4 is 15.0 Å². The van der Waals surface area contributed by atoms with E-state index in [9.17, 15) is 0 Å². The molecule has 1 N–H and O–H groups in total. The number of morpholine rings is 1. The average molecular weight is 383 g/mol. The Kier molecular flexibility index (Phi) is 6.27. The summed E-state index contributed by atoms with van der Waals surface area (Å²) in [6.45, 7) is 6.48. The van der Waals surface area contributed by atoms with Crippen LogP contribution in [0, 0.1) is 11.8 Å². The van der Waals surface area contributed by atoms with E-state index < -0.39 is 0 Å². The third-order valence-electron chi connectivity index (χ3n) is 5.71. The van der Waals surface area contributed by atoms with Gasteiger partial charge in [0.25, 0.3) is 0 Å². The van der Waals surface area contributed by atoms with E-state index in [0.29, 0.717) is 17.7 Å². The van der Waals surface area contributed by atoms with Crippen LogP contribution in [0.5, 0.6) is 5.88 Å². The third-order valence-corrected chi connectivity index (χ3v) is 5.71. The second kappa shape index (κ2) is 9.24. The molecule has 4 rings (SSSR count).